The Hall–Kier alpha value is -2.73. The number of hydrogen-bond acceptors (Lipinski definition) is 7. The molecule has 12 nitrogen and oxygen atoms in total. The maximum absolute atomic E-state index is 12.7. The fourth-order valence-corrected chi connectivity index (χ4v) is 2.60. The first-order valence-corrected chi connectivity index (χ1v) is 10.0. The SMILES string of the molecule is CC(C)CC(NC(=O)C(NC(=O)C(N)C(C)C)C(C)O)C(=O)NC(CC(N)=O)C(=O)O. The van der Waals surface area contributed by atoms with Crippen molar-refractivity contribution < 1.29 is 34.2 Å². The van der Waals surface area contributed by atoms with Crippen molar-refractivity contribution in [3.63, 3.8) is 0 Å². The highest BCUT2D eigenvalue weighted by atomic mass is 16.4. The molecule has 31 heavy (non-hydrogen) atoms. The molecule has 0 aromatic carbocycles. The summed E-state index contributed by atoms with van der Waals surface area (Å²) in [5.41, 5.74) is 10.8. The van der Waals surface area contributed by atoms with Crippen LogP contribution in [0.15, 0.2) is 0 Å². The molecule has 0 saturated carbocycles. The van der Waals surface area contributed by atoms with Crippen molar-refractivity contribution in [2.75, 3.05) is 0 Å². The summed E-state index contributed by atoms with van der Waals surface area (Å²) in [6.07, 6.45) is -1.79. The van der Waals surface area contributed by atoms with Crippen molar-refractivity contribution in [3.05, 3.63) is 0 Å². The van der Waals surface area contributed by atoms with Crippen LogP contribution in [-0.2, 0) is 24.0 Å². The number of rotatable bonds is 13. The highest BCUT2D eigenvalue weighted by Crippen LogP contribution is 2.08. The number of aliphatic hydroxyl groups excluding tert-OH is 1. The molecule has 4 amide bonds. The van der Waals surface area contributed by atoms with Gasteiger partial charge in [-0.25, -0.2) is 4.79 Å². The van der Waals surface area contributed by atoms with Gasteiger partial charge < -0.3 is 37.6 Å². The first-order valence-electron chi connectivity index (χ1n) is 10.0. The van der Waals surface area contributed by atoms with Crippen molar-refractivity contribution in [2.24, 2.45) is 23.3 Å². The normalized spacial score (nSPS) is 16.0. The molecule has 0 fully saturated rings. The highest BCUT2D eigenvalue weighted by molar-refractivity contribution is 5.95. The number of amides is 4. The standard InChI is InChI=1S/C19H35N5O7/c1-8(2)6-11(16(27)23-12(19(30)31)7-13(20)26)22-18(29)15(10(5)25)24-17(28)14(21)9(3)4/h8-12,14-15,25H,6-7,21H2,1-5H3,(H2,20,26)(H,22,29)(H,23,27)(H,24,28)(H,30,31). The van der Waals surface area contributed by atoms with Crippen LogP contribution in [0.1, 0.15) is 47.5 Å². The summed E-state index contributed by atoms with van der Waals surface area (Å²) in [7, 11) is 0. The van der Waals surface area contributed by atoms with Gasteiger partial charge in [0.05, 0.1) is 18.6 Å². The van der Waals surface area contributed by atoms with Crippen LogP contribution in [0.25, 0.3) is 0 Å². The zero-order chi connectivity index (χ0) is 24.5. The van der Waals surface area contributed by atoms with Crippen LogP contribution in [0.4, 0.5) is 0 Å². The maximum atomic E-state index is 12.7. The lowest BCUT2D eigenvalue weighted by Gasteiger charge is -2.27. The Balaban J connectivity index is 5.47. The van der Waals surface area contributed by atoms with Crippen LogP contribution in [0, 0.1) is 11.8 Å². The Kier molecular flexibility index (Phi) is 11.7. The van der Waals surface area contributed by atoms with E-state index >= 15 is 0 Å². The predicted octanol–water partition coefficient (Wildman–Crippen LogP) is -2.19. The molecular formula is C19H35N5O7. The first kappa shape index (κ1) is 28.3. The van der Waals surface area contributed by atoms with Crippen molar-refractivity contribution in [1.29, 1.82) is 0 Å². The number of primary amides is 1. The molecule has 5 atom stereocenters. The van der Waals surface area contributed by atoms with E-state index in [1.54, 1.807) is 27.7 Å². The van der Waals surface area contributed by atoms with Crippen LogP contribution in [0.5, 0.6) is 0 Å². The zero-order valence-corrected chi connectivity index (χ0v) is 18.5. The Bertz CT molecular complexity index is 666. The molecule has 0 aromatic rings. The number of nitrogens with one attached hydrogen (secondary N) is 3. The molecule has 0 aromatic heterocycles. The fourth-order valence-electron chi connectivity index (χ4n) is 2.60. The second-order valence-electron chi connectivity index (χ2n) is 8.26. The number of aliphatic hydroxyl groups is 1. The third kappa shape index (κ3) is 10.2. The third-order valence-electron chi connectivity index (χ3n) is 4.44. The van der Waals surface area contributed by atoms with Gasteiger partial charge in [-0.15, -0.1) is 0 Å². The molecule has 0 heterocycles. The highest BCUT2D eigenvalue weighted by Gasteiger charge is 2.33. The Labute approximate surface area is 181 Å². The van der Waals surface area contributed by atoms with E-state index in [-0.39, 0.29) is 18.3 Å². The van der Waals surface area contributed by atoms with Crippen LogP contribution < -0.4 is 27.4 Å². The van der Waals surface area contributed by atoms with E-state index < -0.39 is 66.3 Å². The number of hydrogen-bond donors (Lipinski definition) is 7. The second kappa shape index (κ2) is 12.8. The molecule has 0 spiro atoms. The van der Waals surface area contributed by atoms with Gasteiger partial charge in [0.25, 0.3) is 0 Å². The Morgan fingerprint density at radius 3 is 1.74 bits per heavy atom. The van der Waals surface area contributed by atoms with Gasteiger partial charge in [0.15, 0.2) is 0 Å². The summed E-state index contributed by atoms with van der Waals surface area (Å²) >= 11 is 0. The molecule has 0 aliphatic carbocycles. The van der Waals surface area contributed by atoms with E-state index in [0.717, 1.165) is 0 Å². The quantitative estimate of drug-likeness (QED) is 0.165. The maximum Gasteiger partial charge on any atom is 0.326 e. The topological polar surface area (TPSA) is 214 Å². The van der Waals surface area contributed by atoms with Crippen molar-refractivity contribution in [1.82, 2.24) is 16.0 Å². The fraction of sp³-hybridized carbons (Fsp3) is 0.737. The van der Waals surface area contributed by atoms with Crippen molar-refractivity contribution in [2.45, 2.75) is 77.7 Å². The van der Waals surface area contributed by atoms with E-state index in [1.165, 1.54) is 6.92 Å². The van der Waals surface area contributed by atoms with Gasteiger partial charge >= 0.3 is 5.97 Å². The van der Waals surface area contributed by atoms with Crippen LogP contribution in [-0.4, -0.2) is 70.1 Å². The van der Waals surface area contributed by atoms with E-state index in [2.05, 4.69) is 16.0 Å². The molecule has 0 aliphatic heterocycles. The molecule has 0 rings (SSSR count). The van der Waals surface area contributed by atoms with Gasteiger partial charge in [-0.2, -0.15) is 0 Å². The zero-order valence-electron chi connectivity index (χ0n) is 18.5. The number of carbonyl (C=O) groups excluding carboxylic acids is 4. The van der Waals surface area contributed by atoms with Crippen molar-refractivity contribution >= 4 is 29.6 Å². The van der Waals surface area contributed by atoms with E-state index in [0.29, 0.717) is 0 Å². The lowest BCUT2D eigenvalue weighted by Crippen LogP contribution is -2.60. The summed E-state index contributed by atoms with van der Waals surface area (Å²) in [6, 6.07) is -5.04. The molecule has 0 radical (unpaired) electrons. The van der Waals surface area contributed by atoms with Gasteiger partial charge in [-0.05, 0) is 25.2 Å². The van der Waals surface area contributed by atoms with E-state index in [1.807, 2.05) is 0 Å². The summed E-state index contributed by atoms with van der Waals surface area (Å²) in [5, 5.41) is 26.1. The Morgan fingerprint density at radius 1 is 0.839 bits per heavy atom. The molecule has 0 bridgehead atoms. The third-order valence-corrected chi connectivity index (χ3v) is 4.44. The van der Waals surface area contributed by atoms with Gasteiger partial charge in [-0.3, -0.25) is 19.2 Å². The Morgan fingerprint density at radius 2 is 1.35 bits per heavy atom. The summed E-state index contributed by atoms with van der Waals surface area (Å²) in [5.74, 6) is -5.01. The number of carbonyl (C=O) groups is 5. The minimum absolute atomic E-state index is 0.0792. The van der Waals surface area contributed by atoms with E-state index in [4.69, 9.17) is 11.5 Å². The number of carboxylic acids is 1. The molecule has 12 heteroatoms. The predicted molar refractivity (Wildman–Crippen MR) is 111 cm³/mol. The van der Waals surface area contributed by atoms with Gasteiger partial charge in [-0.1, -0.05) is 27.7 Å². The molecule has 0 aliphatic rings. The monoisotopic (exact) mass is 445 g/mol. The molecule has 178 valence electrons. The van der Waals surface area contributed by atoms with Gasteiger partial charge in [0.2, 0.25) is 23.6 Å². The number of aliphatic carboxylic acids is 1. The van der Waals surface area contributed by atoms with Crippen LogP contribution >= 0.6 is 0 Å². The van der Waals surface area contributed by atoms with Gasteiger partial charge in [0.1, 0.15) is 18.1 Å². The minimum Gasteiger partial charge on any atom is -0.480 e. The summed E-state index contributed by atoms with van der Waals surface area (Å²) in [4.78, 5) is 59.9. The minimum atomic E-state index is -1.56. The average molecular weight is 446 g/mol. The number of carboxylic acid groups (broad SMARTS) is 1. The number of nitrogens with two attached hydrogens (primary N) is 2. The average Bonchev–Trinajstić information content (AvgIpc) is 2.62. The second-order valence-corrected chi connectivity index (χ2v) is 8.26. The smallest absolute Gasteiger partial charge is 0.326 e. The lowest BCUT2D eigenvalue weighted by molar-refractivity contribution is -0.144. The largest absolute Gasteiger partial charge is 0.480 e. The van der Waals surface area contributed by atoms with E-state index in [9.17, 15) is 34.2 Å². The molecular weight excluding hydrogens is 410 g/mol. The van der Waals surface area contributed by atoms with Crippen LogP contribution in [0.3, 0.4) is 0 Å². The lowest BCUT2D eigenvalue weighted by atomic mass is 10.0. The molecule has 9 N–H and O–H groups in total. The summed E-state index contributed by atoms with van der Waals surface area (Å²) < 4.78 is 0. The van der Waals surface area contributed by atoms with Crippen molar-refractivity contribution in [3.8, 4) is 0 Å². The van der Waals surface area contributed by atoms with Crippen LogP contribution in [0.2, 0.25) is 0 Å². The first-order chi connectivity index (χ1) is 14.2. The van der Waals surface area contributed by atoms with Gasteiger partial charge in [0, 0.05) is 0 Å². The summed E-state index contributed by atoms with van der Waals surface area (Å²) in [6.45, 7) is 8.28. The molecule has 5 unspecified atom stereocenters. The molecule has 0 saturated heterocycles.